The Bertz CT molecular complexity index is 1430. The molecule has 0 radical (unpaired) electrons. The summed E-state index contributed by atoms with van der Waals surface area (Å²) in [4.78, 5) is 13.3. The van der Waals surface area contributed by atoms with E-state index in [1.54, 1.807) is 73.8 Å². The minimum Gasteiger partial charge on any atom is -0.497 e. The third kappa shape index (κ3) is 6.48. The predicted octanol–water partition coefficient (Wildman–Crippen LogP) is 4.90. The average molecular weight is 517 g/mol. The third-order valence-corrected chi connectivity index (χ3v) is 7.39. The Morgan fingerprint density at radius 2 is 1.46 bits per heavy atom. The van der Waals surface area contributed by atoms with Gasteiger partial charge in [0.05, 0.1) is 36.3 Å². The number of amides is 1. The number of nitrogens with one attached hydrogen (secondary N) is 1. The fourth-order valence-corrected chi connectivity index (χ4v) is 5.26. The van der Waals surface area contributed by atoms with Crippen LogP contribution in [0.5, 0.6) is 11.5 Å². The van der Waals surface area contributed by atoms with Crippen LogP contribution in [0.3, 0.4) is 0 Å². The summed E-state index contributed by atoms with van der Waals surface area (Å²) in [5.41, 5.74) is 1.34. The molecule has 37 heavy (non-hydrogen) atoms. The van der Waals surface area contributed by atoms with Crippen molar-refractivity contribution < 1.29 is 22.7 Å². The molecule has 0 atom stereocenters. The summed E-state index contributed by atoms with van der Waals surface area (Å²) in [6.45, 7) is 0.535. The first-order valence-electron chi connectivity index (χ1n) is 11.7. The van der Waals surface area contributed by atoms with Crippen molar-refractivity contribution in [1.82, 2.24) is 5.32 Å². The monoisotopic (exact) mass is 516 g/mol. The van der Waals surface area contributed by atoms with Crippen LogP contribution in [0.2, 0.25) is 0 Å². The number of ether oxygens (including phenoxy) is 2. The van der Waals surface area contributed by atoms with Crippen molar-refractivity contribution in [1.29, 1.82) is 0 Å². The lowest BCUT2D eigenvalue weighted by atomic mass is 10.1. The van der Waals surface area contributed by atoms with Crippen molar-refractivity contribution in [2.45, 2.75) is 11.4 Å². The smallest absolute Gasteiger partial charge is 0.264 e. The summed E-state index contributed by atoms with van der Waals surface area (Å²) in [5.74, 6) is 0.900. The molecule has 7 nitrogen and oxygen atoms in total. The molecule has 1 N–H and O–H groups in total. The fraction of sp³-hybridized carbons (Fsp3) is 0.138. The van der Waals surface area contributed by atoms with Crippen molar-refractivity contribution in [2.24, 2.45) is 0 Å². The molecule has 0 aliphatic heterocycles. The van der Waals surface area contributed by atoms with E-state index in [1.807, 2.05) is 42.5 Å². The van der Waals surface area contributed by atoms with E-state index < -0.39 is 15.9 Å². The van der Waals surface area contributed by atoms with Crippen LogP contribution in [0.25, 0.3) is 0 Å². The highest BCUT2D eigenvalue weighted by Crippen LogP contribution is 2.29. The van der Waals surface area contributed by atoms with Gasteiger partial charge in [0.1, 0.15) is 18.1 Å². The molecule has 0 spiro atoms. The minimum atomic E-state index is -3.96. The summed E-state index contributed by atoms with van der Waals surface area (Å²) in [6, 6.07) is 31.4. The van der Waals surface area contributed by atoms with E-state index in [0.29, 0.717) is 17.2 Å². The summed E-state index contributed by atoms with van der Waals surface area (Å²) < 4.78 is 39.7. The molecule has 4 aromatic rings. The zero-order valence-electron chi connectivity index (χ0n) is 20.4. The lowest BCUT2D eigenvalue weighted by Crippen LogP contribution is -2.34. The van der Waals surface area contributed by atoms with E-state index in [-0.39, 0.29) is 30.2 Å². The van der Waals surface area contributed by atoms with E-state index in [0.717, 1.165) is 5.56 Å². The number of nitrogens with zero attached hydrogens (tertiary/aromatic N) is 1. The van der Waals surface area contributed by atoms with Crippen LogP contribution in [-0.2, 0) is 16.6 Å². The first-order chi connectivity index (χ1) is 18.0. The highest BCUT2D eigenvalue weighted by molar-refractivity contribution is 7.92. The third-order valence-electron chi connectivity index (χ3n) is 5.62. The predicted molar refractivity (Wildman–Crippen MR) is 144 cm³/mol. The zero-order valence-corrected chi connectivity index (χ0v) is 21.2. The number of hydrogen-bond donors (Lipinski definition) is 1. The molecule has 0 aliphatic rings. The van der Waals surface area contributed by atoms with Crippen molar-refractivity contribution in [3.63, 3.8) is 0 Å². The molecule has 4 rings (SSSR count). The van der Waals surface area contributed by atoms with E-state index in [1.165, 1.54) is 4.31 Å². The van der Waals surface area contributed by atoms with Gasteiger partial charge in [-0.1, -0.05) is 66.7 Å². The Labute approximate surface area is 217 Å². The van der Waals surface area contributed by atoms with Crippen molar-refractivity contribution in [3.8, 4) is 11.5 Å². The molecular formula is C29H28N2O5S. The molecule has 0 fully saturated rings. The van der Waals surface area contributed by atoms with Gasteiger partial charge >= 0.3 is 0 Å². The van der Waals surface area contributed by atoms with Gasteiger partial charge in [-0.05, 0) is 42.0 Å². The van der Waals surface area contributed by atoms with Gasteiger partial charge in [-0.25, -0.2) is 8.42 Å². The summed E-state index contributed by atoms with van der Waals surface area (Å²) in [7, 11) is -2.38. The molecule has 4 aromatic carbocycles. The molecule has 0 saturated carbocycles. The molecular weight excluding hydrogens is 488 g/mol. The second kappa shape index (κ2) is 12.1. The number of benzene rings is 4. The topological polar surface area (TPSA) is 84.9 Å². The van der Waals surface area contributed by atoms with Crippen LogP contribution in [0, 0.1) is 0 Å². The Morgan fingerprint density at radius 1 is 0.811 bits per heavy atom. The maximum Gasteiger partial charge on any atom is 0.264 e. The van der Waals surface area contributed by atoms with Gasteiger partial charge in [0, 0.05) is 6.07 Å². The second-order valence-electron chi connectivity index (χ2n) is 8.11. The molecule has 0 saturated heterocycles. The van der Waals surface area contributed by atoms with Gasteiger partial charge in [0.15, 0.2) is 0 Å². The number of carbonyl (C=O) groups excluding carboxylic acids is 1. The number of methoxy groups -OCH3 is 1. The van der Waals surface area contributed by atoms with Gasteiger partial charge < -0.3 is 14.8 Å². The number of hydrogen-bond acceptors (Lipinski definition) is 5. The molecule has 8 heteroatoms. The number of carbonyl (C=O) groups is 1. The number of para-hydroxylation sites is 1. The van der Waals surface area contributed by atoms with Gasteiger partial charge in [-0.3, -0.25) is 9.10 Å². The first-order valence-corrected chi connectivity index (χ1v) is 13.2. The van der Waals surface area contributed by atoms with Crippen LogP contribution in [0.15, 0.2) is 114 Å². The SMILES string of the molecule is COc1cccc(OCCNC(=O)c2ccccc2N(Cc2ccccc2)S(=O)(=O)c2ccccc2)c1. The molecule has 0 aromatic heterocycles. The average Bonchev–Trinajstić information content (AvgIpc) is 2.95. The molecule has 0 heterocycles. The summed E-state index contributed by atoms with van der Waals surface area (Å²) in [6.07, 6.45) is 0. The zero-order chi connectivity index (χ0) is 26.1. The maximum absolute atomic E-state index is 13.7. The van der Waals surface area contributed by atoms with Crippen LogP contribution >= 0.6 is 0 Å². The number of rotatable bonds is 11. The quantitative estimate of drug-likeness (QED) is 0.287. The van der Waals surface area contributed by atoms with Crippen LogP contribution < -0.4 is 19.1 Å². The Hall–Kier alpha value is -4.30. The molecule has 0 bridgehead atoms. The van der Waals surface area contributed by atoms with Gasteiger partial charge in [0.2, 0.25) is 0 Å². The maximum atomic E-state index is 13.7. The first kappa shape index (κ1) is 25.8. The molecule has 0 aliphatic carbocycles. The Morgan fingerprint density at radius 3 is 2.19 bits per heavy atom. The molecule has 190 valence electrons. The van der Waals surface area contributed by atoms with Crippen LogP contribution in [0.1, 0.15) is 15.9 Å². The standard InChI is InChI=1S/C29H28N2O5S/c1-35-24-13-10-14-25(21-24)36-20-19-30-29(32)27-17-8-9-18-28(27)31(22-23-11-4-2-5-12-23)37(33,34)26-15-6-3-7-16-26/h2-18,21H,19-20,22H2,1H3,(H,30,32). The summed E-state index contributed by atoms with van der Waals surface area (Å²) >= 11 is 0. The van der Waals surface area contributed by atoms with Crippen LogP contribution in [0.4, 0.5) is 5.69 Å². The highest BCUT2D eigenvalue weighted by Gasteiger charge is 2.28. The van der Waals surface area contributed by atoms with Gasteiger partial charge in [-0.2, -0.15) is 0 Å². The van der Waals surface area contributed by atoms with Gasteiger partial charge in [-0.15, -0.1) is 0 Å². The van der Waals surface area contributed by atoms with Gasteiger partial charge in [0.25, 0.3) is 15.9 Å². The number of anilines is 1. The van der Waals surface area contributed by atoms with E-state index >= 15 is 0 Å². The normalized spacial score (nSPS) is 10.9. The van der Waals surface area contributed by atoms with Crippen molar-refractivity contribution in [3.05, 3.63) is 120 Å². The van der Waals surface area contributed by atoms with Crippen molar-refractivity contribution in [2.75, 3.05) is 24.6 Å². The number of sulfonamides is 1. The van der Waals surface area contributed by atoms with E-state index in [9.17, 15) is 13.2 Å². The Kier molecular flexibility index (Phi) is 8.43. The highest BCUT2D eigenvalue weighted by atomic mass is 32.2. The van der Waals surface area contributed by atoms with Crippen LogP contribution in [-0.4, -0.2) is 34.6 Å². The Balaban J connectivity index is 1.56. The van der Waals surface area contributed by atoms with E-state index in [4.69, 9.17) is 9.47 Å². The van der Waals surface area contributed by atoms with Crippen molar-refractivity contribution >= 4 is 21.6 Å². The summed E-state index contributed by atoms with van der Waals surface area (Å²) in [5, 5.41) is 2.83. The largest absolute Gasteiger partial charge is 0.497 e. The fourth-order valence-electron chi connectivity index (χ4n) is 3.77. The minimum absolute atomic E-state index is 0.0707. The second-order valence-corrected chi connectivity index (χ2v) is 9.97. The molecule has 0 unspecified atom stereocenters. The lowest BCUT2D eigenvalue weighted by molar-refractivity contribution is 0.0947. The lowest BCUT2D eigenvalue weighted by Gasteiger charge is -2.26. The molecule has 1 amide bonds. The van der Waals surface area contributed by atoms with E-state index in [2.05, 4.69) is 5.32 Å².